The molecule has 0 radical (unpaired) electrons. The zero-order valence-electron chi connectivity index (χ0n) is 6.14. The van der Waals surface area contributed by atoms with Crippen LogP contribution in [0.15, 0.2) is 10.9 Å². The van der Waals surface area contributed by atoms with E-state index in [1.165, 1.54) is 0 Å². The summed E-state index contributed by atoms with van der Waals surface area (Å²) in [7, 11) is 0. The van der Waals surface area contributed by atoms with Crippen molar-refractivity contribution in [2.75, 3.05) is 0 Å². The number of halogens is 3. The molecule has 0 aliphatic carbocycles. The van der Waals surface area contributed by atoms with E-state index in [1.807, 2.05) is 4.98 Å². The normalized spacial score (nSPS) is 10.1. The van der Waals surface area contributed by atoms with Gasteiger partial charge in [-0.2, -0.15) is 5.26 Å². The Kier molecular flexibility index (Phi) is 2.98. The van der Waals surface area contributed by atoms with Crippen LogP contribution in [0.3, 0.4) is 0 Å². The molecule has 0 aliphatic rings. The molecular weight excluding hydrogens is 293 g/mol. The van der Waals surface area contributed by atoms with Crippen molar-refractivity contribution in [1.29, 1.82) is 5.26 Å². The monoisotopic (exact) mass is 296 g/mol. The Hall–Kier alpha value is -0.970. The molecule has 13 heavy (non-hydrogen) atoms. The molecule has 1 aromatic heterocycles. The SMILES string of the molecule is N#Cc1cc(=O)[nH]c(C(F)F)c1I. The molecule has 0 amide bonds. The first-order chi connectivity index (χ1) is 6.06. The van der Waals surface area contributed by atoms with Gasteiger partial charge in [-0.15, -0.1) is 0 Å². The quantitative estimate of drug-likeness (QED) is 0.803. The summed E-state index contributed by atoms with van der Waals surface area (Å²) in [6.45, 7) is 0. The molecule has 3 nitrogen and oxygen atoms in total. The van der Waals surface area contributed by atoms with Gasteiger partial charge in [0.05, 0.1) is 14.8 Å². The summed E-state index contributed by atoms with van der Waals surface area (Å²) in [5, 5.41) is 8.50. The van der Waals surface area contributed by atoms with Gasteiger partial charge >= 0.3 is 0 Å². The molecule has 0 fully saturated rings. The number of nitrogens with one attached hydrogen (secondary N) is 1. The van der Waals surface area contributed by atoms with Crippen molar-refractivity contribution < 1.29 is 8.78 Å². The first kappa shape index (κ1) is 10.1. The van der Waals surface area contributed by atoms with E-state index in [2.05, 4.69) is 0 Å². The number of alkyl halides is 2. The Bertz CT molecular complexity index is 421. The number of H-pyrrole nitrogens is 1. The van der Waals surface area contributed by atoms with Crippen molar-refractivity contribution >= 4 is 22.6 Å². The minimum Gasteiger partial charge on any atom is -0.320 e. The maximum Gasteiger partial charge on any atom is 0.279 e. The van der Waals surface area contributed by atoms with E-state index in [0.29, 0.717) is 0 Å². The van der Waals surface area contributed by atoms with Crippen molar-refractivity contribution in [3.05, 3.63) is 31.2 Å². The molecule has 0 saturated carbocycles. The molecule has 0 bridgehead atoms. The summed E-state index contributed by atoms with van der Waals surface area (Å²) in [4.78, 5) is 12.8. The van der Waals surface area contributed by atoms with E-state index in [-0.39, 0.29) is 9.13 Å². The third-order valence-electron chi connectivity index (χ3n) is 1.34. The summed E-state index contributed by atoms with van der Waals surface area (Å²) in [6, 6.07) is 2.66. The van der Waals surface area contributed by atoms with Crippen molar-refractivity contribution in [3.63, 3.8) is 0 Å². The number of aromatic nitrogens is 1. The molecule has 0 aromatic carbocycles. The van der Waals surface area contributed by atoms with Crippen LogP contribution in [0.5, 0.6) is 0 Å². The van der Waals surface area contributed by atoms with Gasteiger partial charge in [-0.05, 0) is 22.6 Å². The van der Waals surface area contributed by atoms with Gasteiger partial charge in [-0.1, -0.05) is 0 Å². The number of hydrogen-bond acceptors (Lipinski definition) is 2. The van der Waals surface area contributed by atoms with E-state index in [1.54, 1.807) is 28.7 Å². The average molecular weight is 296 g/mol. The van der Waals surface area contributed by atoms with E-state index in [4.69, 9.17) is 5.26 Å². The number of hydrogen-bond donors (Lipinski definition) is 1. The molecule has 0 atom stereocenters. The summed E-state index contributed by atoms with van der Waals surface area (Å²) < 4.78 is 24.6. The van der Waals surface area contributed by atoms with Crippen LogP contribution >= 0.6 is 22.6 Å². The number of rotatable bonds is 1. The van der Waals surface area contributed by atoms with Crippen molar-refractivity contribution in [1.82, 2.24) is 4.98 Å². The van der Waals surface area contributed by atoms with E-state index < -0.39 is 17.7 Å². The van der Waals surface area contributed by atoms with Crippen LogP contribution in [0, 0.1) is 14.9 Å². The highest BCUT2D eigenvalue weighted by Crippen LogP contribution is 2.22. The first-order valence-electron chi connectivity index (χ1n) is 3.17. The van der Waals surface area contributed by atoms with Crippen molar-refractivity contribution in [3.8, 4) is 6.07 Å². The van der Waals surface area contributed by atoms with Gasteiger partial charge in [0.2, 0.25) is 5.56 Å². The molecule has 1 rings (SSSR count). The molecular formula is C7H3F2IN2O. The second-order valence-electron chi connectivity index (χ2n) is 2.19. The second kappa shape index (κ2) is 3.83. The standard InChI is InChI=1S/C7H3F2IN2O/c8-7(9)6-5(10)3(2-11)1-4(13)12-6/h1,7H,(H,12,13). The lowest BCUT2D eigenvalue weighted by Crippen LogP contribution is -2.11. The molecule has 0 unspecified atom stereocenters. The van der Waals surface area contributed by atoms with Gasteiger partial charge in [0.15, 0.2) is 0 Å². The molecule has 1 aromatic rings. The van der Waals surface area contributed by atoms with Crippen LogP contribution in [0.4, 0.5) is 8.78 Å². The van der Waals surface area contributed by atoms with Gasteiger partial charge in [0.25, 0.3) is 6.43 Å². The Balaban J connectivity index is 3.47. The third-order valence-corrected chi connectivity index (χ3v) is 2.51. The second-order valence-corrected chi connectivity index (χ2v) is 3.27. The Labute approximate surface area is 85.5 Å². The predicted molar refractivity (Wildman–Crippen MR) is 49.5 cm³/mol. The van der Waals surface area contributed by atoms with Crippen LogP contribution in [0.25, 0.3) is 0 Å². The lowest BCUT2D eigenvalue weighted by Gasteiger charge is -2.02. The van der Waals surface area contributed by atoms with E-state index >= 15 is 0 Å². The maximum absolute atomic E-state index is 12.2. The Morgan fingerprint density at radius 2 is 2.23 bits per heavy atom. The molecule has 1 heterocycles. The van der Waals surface area contributed by atoms with Crippen LogP contribution in [-0.4, -0.2) is 4.98 Å². The molecule has 1 N–H and O–H groups in total. The van der Waals surface area contributed by atoms with Crippen LogP contribution in [0.2, 0.25) is 0 Å². The molecule has 0 aliphatic heterocycles. The van der Waals surface area contributed by atoms with Crippen LogP contribution < -0.4 is 5.56 Å². The summed E-state index contributed by atoms with van der Waals surface area (Å²) in [5.41, 5.74) is -1.21. The summed E-state index contributed by atoms with van der Waals surface area (Å²) in [6.07, 6.45) is -2.77. The topological polar surface area (TPSA) is 56.6 Å². The van der Waals surface area contributed by atoms with Gasteiger partial charge < -0.3 is 4.98 Å². The van der Waals surface area contributed by atoms with Gasteiger partial charge in [-0.25, -0.2) is 8.78 Å². The fourth-order valence-electron chi connectivity index (χ4n) is 0.795. The number of pyridine rings is 1. The zero-order chi connectivity index (χ0) is 10.0. The lowest BCUT2D eigenvalue weighted by molar-refractivity contribution is 0.144. The van der Waals surface area contributed by atoms with Crippen LogP contribution in [-0.2, 0) is 0 Å². The lowest BCUT2D eigenvalue weighted by atomic mass is 10.2. The number of nitriles is 1. The smallest absolute Gasteiger partial charge is 0.279 e. The van der Waals surface area contributed by atoms with Gasteiger partial charge in [0, 0.05) is 6.07 Å². The fraction of sp³-hybridized carbons (Fsp3) is 0.143. The van der Waals surface area contributed by atoms with Crippen molar-refractivity contribution in [2.45, 2.75) is 6.43 Å². The highest BCUT2D eigenvalue weighted by Gasteiger charge is 2.15. The summed E-state index contributed by atoms with van der Waals surface area (Å²) in [5.74, 6) is 0. The third kappa shape index (κ3) is 2.03. The highest BCUT2D eigenvalue weighted by atomic mass is 127. The van der Waals surface area contributed by atoms with Crippen LogP contribution in [0.1, 0.15) is 17.7 Å². The van der Waals surface area contributed by atoms with Gasteiger partial charge in [0.1, 0.15) is 6.07 Å². The zero-order valence-corrected chi connectivity index (χ0v) is 8.30. The average Bonchev–Trinajstić information content (AvgIpc) is 2.08. The van der Waals surface area contributed by atoms with E-state index in [9.17, 15) is 13.6 Å². The number of aromatic amines is 1. The largest absolute Gasteiger partial charge is 0.320 e. The van der Waals surface area contributed by atoms with E-state index in [0.717, 1.165) is 6.07 Å². The fourth-order valence-corrected chi connectivity index (χ4v) is 1.44. The predicted octanol–water partition coefficient (Wildman–Crippen LogP) is 1.79. The molecule has 0 spiro atoms. The molecule has 0 saturated heterocycles. The summed E-state index contributed by atoms with van der Waals surface area (Å²) >= 11 is 1.60. The Morgan fingerprint density at radius 3 is 2.69 bits per heavy atom. The molecule has 68 valence electrons. The molecule has 6 heteroatoms. The minimum absolute atomic E-state index is 0.0281. The highest BCUT2D eigenvalue weighted by molar-refractivity contribution is 14.1. The van der Waals surface area contributed by atoms with Gasteiger partial charge in [-0.3, -0.25) is 4.79 Å². The Morgan fingerprint density at radius 1 is 1.62 bits per heavy atom. The minimum atomic E-state index is -2.77. The van der Waals surface area contributed by atoms with Crippen molar-refractivity contribution in [2.24, 2.45) is 0 Å². The number of nitrogens with zero attached hydrogens (tertiary/aromatic N) is 1. The maximum atomic E-state index is 12.2. The first-order valence-corrected chi connectivity index (χ1v) is 4.25.